The van der Waals surface area contributed by atoms with Gasteiger partial charge in [0.05, 0.1) is 18.7 Å². The van der Waals surface area contributed by atoms with Crippen LogP contribution >= 0.6 is 0 Å². The van der Waals surface area contributed by atoms with Crippen LogP contribution in [0.15, 0.2) is 60.7 Å². The summed E-state index contributed by atoms with van der Waals surface area (Å²) in [7, 11) is -2.59. The first-order valence-electron chi connectivity index (χ1n) is 10.7. The average Bonchev–Trinajstić information content (AvgIpc) is 3.31. The first-order valence-corrected chi connectivity index (χ1v) is 12.6. The molecule has 1 aliphatic rings. The van der Waals surface area contributed by atoms with Crippen molar-refractivity contribution < 1.29 is 14.0 Å². The Morgan fingerprint density at radius 3 is 1.77 bits per heavy atom. The van der Waals surface area contributed by atoms with Crippen LogP contribution in [0.4, 0.5) is 4.79 Å². The molecule has 0 saturated carbocycles. The highest BCUT2D eigenvalue weighted by Crippen LogP contribution is 2.39. The maximum absolute atomic E-state index is 12.6. The lowest BCUT2D eigenvalue weighted by Gasteiger charge is -2.43. The molecule has 3 rings (SSSR count). The lowest BCUT2D eigenvalue weighted by molar-refractivity contribution is 0.0386. The van der Waals surface area contributed by atoms with Crippen molar-refractivity contribution in [3.05, 3.63) is 60.7 Å². The van der Waals surface area contributed by atoms with Gasteiger partial charge in [-0.15, -0.1) is 0 Å². The van der Waals surface area contributed by atoms with E-state index in [4.69, 9.17) is 9.16 Å². The van der Waals surface area contributed by atoms with Gasteiger partial charge in [-0.2, -0.15) is 0 Å². The summed E-state index contributed by atoms with van der Waals surface area (Å²) in [5.41, 5.74) is -0.497. The Labute approximate surface area is 182 Å². The summed E-state index contributed by atoms with van der Waals surface area (Å²) in [6.45, 7) is 15.0. The lowest BCUT2D eigenvalue weighted by atomic mass is 10.2. The first-order chi connectivity index (χ1) is 14.0. The number of ether oxygens (including phenoxy) is 1. The third kappa shape index (κ3) is 4.47. The van der Waals surface area contributed by atoms with Crippen LogP contribution in [0.5, 0.6) is 0 Å². The summed E-state index contributed by atoms with van der Waals surface area (Å²) in [6, 6.07) is 21.3. The molecule has 1 aliphatic heterocycles. The minimum Gasteiger partial charge on any atom is -0.444 e. The molecule has 1 fully saturated rings. The summed E-state index contributed by atoms with van der Waals surface area (Å²) in [4.78, 5) is 14.4. The van der Waals surface area contributed by atoms with Gasteiger partial charge in [-0.1, -0.05) is 81.4 Å². The standard InChI is InChI=1S/C25H35NO3Si/c1-19-22(26(19)23(27)29-24(2,3)4)18-28-30(25(5,6)7,20-14-10-8-11-15-20)21-16-12-9-13-17-21/h8-17,19,22H,18H2,1-7H3/t19-,22-,26?/m1/s1. The van der Waals surface area contributed by atoms with Crippen LogP contribution in [0.2, 0.25) is 5.04 Å². The monoisotopic (exact) mass is 425 g/mol. The molecule has 5 heteroatoms. The van der Waals surface area contributed by atoms with Gasteiger partial charge >= 0.3 is 6.09 Å². The normalized spacial score (nSPS) is 19.5. The highest BCUT2D eigenvalue weighted by molar-refractivity contribution is 6.99. The average molecular weight is 426 g/mol. The highest BCUT2D eigenvalue weighted by Gasteiger charge is 2.54. The molecule has 30 heavy (non-hydrogen) atoms. The van der Waals surface area contributed by atoms with E-state index in [1.807, 2.05) is 32.9 Å². The predicted molar refractivity (Wildman–Crippen MR) is 125 cm³/mol. The zero-order valence-electron chi connectivity index (χ0n) is 19.3. The molecule has 0 spiro atoms. The van der Waals surface area contributed by atoms with Gasteiger partial charge in [-0.25, -0.2) is 4.79 Å². The summed E-state index contributed by atoms with van der Waals surface area (Å²) in [5.74, 6) is 0. The molecule has 2 aromatic rings. The van der Waals surface area contributed by atoms with Crippen molar-refractivity contribution in [3.63, 3.8) is 0 Å². The fourth-order valence-corrected chi connectivity index (χ4v) is 8.80. The summed E-state index contributed by atoms with van der Waals surface area (Å²) >= 11 is 0. The molecule has 0 bridgehead atoms. The molecule has 0 aliphatic carbocycles. The molecule has 0 unspecified atom stereocenters. The van der Waals surface area contributed by atoms with E-state index in [9.17, 15) is 4.79 Å². The van der Waals surface area contributed by atoms with E-state index >= 15 is 0 Å². The maximum atomic E-state index is 12.6. The number of nitrogens with zero attached hydrogens (tertiary/aromatic N) is 1. The van der Waals surface area contributed by atoms with E-state index < -0.39 is 13.9 Å². The van der Waals surface area contributed by atoms with Crippen molar-refractivity contribution in [2.75, 3.05) is 6.61 Å². The second-order valence-corrected chi connectivity index (χ2v) is 14.5. The third-order valence-electron chi connectivity index (χ3n) is 5.75. The van der Waals surface area contributed by atoms with Gasteiger partial charge in [0.1, 0.15) is 5.60 Å². The van der Waals surface area contributed by atoms with Crippen LogP contribution in [0, 0.1) is 0 Å². The molecule has 4 nitrogen and oxygen atoms in total. The van der Waals surface area contributed by atoms with E-state index in [1.54, 1.807) is 4.90 Å². The van der Waals surface area contributed by atoms with E-state index in [1.165, 1.54) is 10.4 Å². The zero-order valence-corrected chi connectivity index (χ0v) is 20.3. The van der Waals surface area contributed by atoms with Gasteiger partial charge in [0.25, 0.3) is 8.32 Å². The van der Waals surface area contributed by atoms with Crippen LogP contribution in [0.3, 0.4) is 0 Å². The van der Waals surface area contributed by atoms with Crippen molar-refractivity contribution in [1.82, 2.24) is 4.90 Å². The van der Waals surface area contributed by atoms with E-state index in [0.29, 0.717) is 6.61 Å². The third-order valence-corrected chi connectivity index (χ3v) is 10.8. The SMILES string of the molecule is C[C@@H]1[C@@H](CO[Si](c2ccccc2)(c2ccccc2)C(C)(C)C)N1C(=O)OC(C)(C)C. The lowest BCUT2D eigenvalue weighted by Crippen LogP contribution is -2.67. The molecule has 0 radical (unpaired) electrons. The number of rotatable bonds is 5. The molecule has 162 valence electrons. The molecular formula is C25H35NO3Si. The molecule has 2 atom stereocenters. The van der Waals surface area contributed by atoms with Crippen LogP contribution in [-0.2, 0) is 9.16 Å². The molecule has 0 N–H and O–H groups in total. The molecule has 1 saturated heterocycles. The summed E-state index contributed by atoms with van der Waals surface area (Å²) in [5, 5.41) is 2.42. The van der Waals surface area contributed by atoms with E-state index in [0.717, 1.165) is 0 Å². The zero-order chi connectivity index (χ0) is 22.2. The fourth-order valence-electron chi connectivity index (χ4n) is 4.22. The Morgan fingerprint density at radius 1 is 0.900 bits per heavy atom. The van der Waals surface area contributed by atoms with E-state index in [2.05, 4.69) is 76.2 Å². The highest BCUT2D eigenvalue weighted by atomic mass is 28.4. The Hall–Kier alpha value is -2.11. The number of hydrogen-bond acceptors (Lipinski definition) is 3. The Balaban J connectivity index is 1.91. The minimum atomic E-state index is -2.59. The minimum absolute atomic E-state index is 0.0431. The van der Waals surface area contributed by atoms with Crippen molar-refractivity contribution >= 4 is 24.8 Å². The van der Waals surface area contributed by atoms with Crippen molar-refractivity contribution in [1.29, 1.82) is 0 Å². The largest absolute Gasteiger partial charge is 0.444 e. The number of amides is 1. The topological polar surface area (TPSA) is 38.5 Å². The van der Waals surface area contributed by atoms with Gasteiger partial charge in [0, 0.05) is 0 Å². The van der Waals surface area contributed by atoms with Gasteiger partial charge in [0.2, 0.25) is 0 Å². The number of carbonyl (C=O) groups is 1. The van der Waals surface area contributed by atoms with Gasteiger partial charge < -0.3 is 9.16 Å². The number of benzene rings is 2. The quantitative estimate of drug-likeness (QED) is 0.520. The molecule has 2 aromatic carbocycles. The molecule has 1 heterocycles. The van der Waals surface area contributed by atoms with Crippen LogP contribution in [-0.4, -0.2) is 43.6 Å². The number of carbonyl (C=O) groups excluding carboxylic acids is 1. The van der Waals surface area contributed by atoms with Gasteiger partial charge in [0.15, 0.2) is 0 Å². The Morgan fingerprint density at radius 2 is 1.37 bits per heavy atom. The maximum Gasteiger partial charge on any atom is 0.411 e. The second-order valence-electron chi connectivity index (χ2n) is 10.2. The fraction of sp³-hybridized carbons (Fsp3) is 0.480. The van der Waals surface area contributed by atoms with Crippen molar-refractivity contribution in [2.24, 2.45) is 0 Å². The molecule has 1 amide bonds. The van der Waals surface area contributed by atoms with Crippen LogP contribution in [0.1, 0.15) is 48.5 Å². The van der Waals surface area contributed by atoms with Crippen LogP contribution < -0.4 is 10.4 Å². The Kier molecular flexibility index (Phi) is 6.17. The summed E-state index contributed by atoms with van der Waals surface area (Å²) in [6.07, 6.45) is -0.258. The van der Waals surface area contributed by atoms with Crippen molar-refractivity contribution in [2.45, 2.75) is 71.2 Å². The van der Waals surface area contributed by atoms with Crippen molar-refractivity contribution in [3.8, 4) is 0 Å². The number of hydrogen-bond donors (Lipinski definition) is 0. The Bertz CT molecular complexity index is 816. The second kappa shape index (κ2) is 8.20. The van der Waals surface area contributed by atoms with E-state index in [-0.39, 0.29) is 23.2 Å². The first kappa shape index (κ1) is 22.6. The smallest absolute Gasteiger partial charge is 0.411 e. The molecular weight excluding hydrogens is 390 g/mol. The summed E-state index contributed by atoms with van der Waals surface area (Å²) < 4.78 is 12.5. The van der Waals surface area contributed by atoms with Gasteiger partial charge in [-0.3, -0.25) is 4.90 Å². The predicted octanol–water partition coefficient (Wildman–Crippen LogP) is 4.57. The van der Waals surface area contributed by atoms with Gasteiger partial charge in [-0.05, 0) is 43.1 Å². The van der Waals surface area contributed by atoms with Crippen LogP contribution in [0.25, 0.3) is 0 Å². The molecule has 0 aromatic heterocycles.